The summed E-state index contributed by atoms with van der Waals surface area (Å²) >= 11 is 0. The number of nitrogens with zero attached hydrogens (tertiary/aromatic N) is 2. The van der Waals surface area contributed by atoms with Gasteiger partial charge in [-0.05, 0) is 24.8 Å². The molecule has 1 aromatic heterocycles. The Balaban J connectivity index is 1.99. The third kappa shape index (κ3) is 3.78. The van der Waals surface area contributed by atoms with Crippen LogP contribution in [-0.2, 0) is 6.18 Å². The van der Waals surface area contributed by atoms with E-state index in [0.717, 1.165) is 25.7 Å². The first-order valence-electron chi connectivity index (χ1n) is 8.20. The number of benzene rings is 1. The van der Waals surface area contributed by atoms with Gasteiger partial charge in [-0.2, -0.15) is 18.2 Å². The van der Waals surface area contributed by atoms with E-state index in [4.69, 9.17) is 4.42 Å². The molecule has 0 aliphatic heterocycles. The quantitative estimate of drug-likeness (QED) is 0.642. The topological polar surface area (TPSA) is 98.3 Å². The average molecular weight is 371 g/mol. The lowest BCUT2D eigenvalue weighted by atomic mass is 9.89. The predicted octanol–water partition coefficient (Wildman–Crippen LogP) is 4.11. The number of non-ortho nitro benzene ring substituents is 1. The molecule has 1 aliphatic rings. The number of nitro groups is 1. The van der Waals surface area contributed by atoms with E-state index in [1.165, 1.54) is 6.42 Å². The molecule has 0 saturated heterocycles. The molecule has 2 aromatic rings. The predicted molar refractivity (Wildman–Crippen MR) is 87.0 cm³/mol. The molecule has 7 nitrogen and oxygen atoms in total. The molecule has 140 valence electrons. The van der Waals surface area contributed by atoms with Crippen LogP contribution >= 0.6 is 0 Å². The van der Waals surface area contributed by atoms with E-state index in [0.29, 0.717) is 24.6 Å². The van der Waals surface area contributed by atoms with Gasteiger partial charge in [0.25, 0.3) is 11.6 Å². The Morgan fingerprint density at radius 3 is 2.58 bits per heavy atom. The maximum atomic E-state index is 12.9. The van der Waals surface area contributed by atoms with Crippen molar-refractivity contribution in [2.45, 2.75) is 38.3 Å². The zero-order chi connectivity index (χ0) is 18.9. The summed E-state index contributed by atoms with van der Waals surface area (Å²) < 4.78 is 44.0. The van der Waals surface area contributed by atoms with Gasteiger partial charge >= 0.3 is 11.9 Å². The van der Waals surface area contributed by atoms with Crippen LogP contribution in [0.3, 0.4) is 0 Å². The lowest BCUT2D eigenvalue weighted by molar-refractivity contribution is -0.383. The maximum Gasteiger partial charge on any atom is 0.416 e. The molecule has 10 heteroatoms. The van der Waals surface area contributed by atoms with E-state index in [-0.39, 0.29) is 6.01 Å². The first kappa shape index (κ1) is 18.2. The molecule has 0 spiro atoms. The van der Waals surface area contributed by atoms with Gasteiger partial charge in [0.2, 0.25) is 5.58 Å². The van der Waals surface area contributed by atoms with Crippen molar-refractivity contribution in [1.82, 2.24) is 4.98 Å². The number of hydrogen-bond acceptors (Lipinski definition) is 6. The van der Waals surface area contributed by atoms with Crippen molar-refractivity contribution in [3.8, 4) is 0 Å². The molecule has 1 fully saturated rings. The molecule has 3 rings (SSSR count). The summed E-state index contributed by atoms with van der Waals surface area (Å²) in [6, 6.07) is 0.651. The third-order valence-electron chi connectivity index (χ3n) is 4.49. The van der Waals surface area contributed by atoms with Crippen LogP contribution in [0.15, 0.2) is 21.3 Å². The number of fused-ring (bicyclic) bond motifs is 1. The first-order valence-corrected chi connectivity index (χ1v) is 8.20. The molecule has 0 bridgehead atoms. The van der Waals surface area contributed by atoms with Crippen LogP contribution in [0.5, 0.6) is 0 Å². The number of halogens is 3. The minimum absolute atomic E-state index is 0.226. The summed E-state index contributed by atoms with van der Waals surface area (Å²) in [4.78, 5) is 25.8. The number of rotatable bonds is 4. The molecule has 26 heavy (non-hydrogen) atoms. The van der Waals surface area contributed by atoms with Gasteiger partial charge in [0.1, 0.15) is 0 Å². The second-order valence-electron chi connectivity index (χ2n) is 6.34. The average Bonchev–Trinajstić information content (AvgIpc) is 2.59. The Bertz CT molecular complexity index is 889. The largest absolute Gasteiger partial charge is 0.418 e. The van der Waals surface area contributed by atoms with Gasteiger partial charge in [-0.3, -0.25) is 14.9 Å². The number of alkyl halides is 3. The summed E-state index contributed by atoms with van der Waals surface area (Å²) in [5.41, 5.74) is -3.75. The number of nitrogens with one attached hydrogen (secondary N) is 1. The zero-order valence-electron chi connectivity index (χ0n) is 13.6. The van der Waals surface area contributed by atoms with E-state index in [1.807, 2.05) is 0 Å². The van der Waals surface area contributed by atoms with Gasteiger partial charge in [-0.25, -0.2) is 0 Å². The highest BCUT2D eigenvalue weighted by Crippen LogP contribution is 2.35. The number of nitro benzene ring substituents is 1. The van der Waals surface area contributed by atoms with Crippen molar-refractivity contribution < 1.29 is 22.5 Å². The molecule has 0 atom stereocenters. The van der Waals surface area contributed by atoms with Gasteiger partial charge in [0.05, 0.1) is 15.9 Å². The van der Waals surface area contributed by atoms with Crippen molar-refractivity contribution >= 4 is 22.7 Å². The SMILES string of the molecule is O=c1nc(NCC2CCCCC2)oc2c([N+](=O)[O-])cc(C(F)(F)F)cc12. The standard InChI is InChI=1S/C16H16F3N3O4/c17-16(18,19)10-6-11-13(12(7-10)22(24)25)26-15(21-14(11)23)20-8-9-4-2-1-3-5-9/h6-7,9H,1-5,8H2,(H,20,21,23). The molecular weight excluding hydrogens is 355 g/mol. The Labute approximate surface area is 145 Å². The highest BCUT2D eigenvalue weighted by atomic mass is 19.4. The second-order valence-corrected chi connectivity index (χ2v) is 6.34. The summed E-state index contributed by atoms with van der Waals surface area (Å²) in [5, 5.41) is 13.4. The third-order valence-corrected chi connectivity index (χ3v) is 4.49. The van der Waals surface area contributed by atoms with Gasteiger partial charge in [0, 0.05) is 12.6 Å². The van der Waals surface area contributed by atoms with E-state index in [9.17, 15) is 28.1 Å². The lowest BCUT2D eigenvalue weighted by Gasteiger charge is -2.21. The van der Waals surface area contributed by atoms with Gasteiger partial charge in [-0.15, -0.1) is 0 Å². The molecule has 0 amide bonds. The number of hydrogen-bond donors (Lipinski definition) is 1. The van der Waals surface area contributed by atoms with Crippen molar-refractivity contribution in [2.24, 2.45) is 5.92 Å². The minimum atomic E-state index is -4.83. The highest BCUT2D eigenvalue weighted by Gasteiger charge is 2.34. The van der Waals surface area contributed by atoms with E-state index in [1.54, 1.807) is 0 Å². The van der Waals surface area contributed by atoms with Crippen molar-refractivity contribution in [2.75, 3.05) is 11.9 Å². The molecular formula is C16H16F3N3O4. The smallest absolute Gasteiger partial charge is 0.416 e. The van der Waals surface area contributed by atoms with Crippen molar-refractivity contribution in [1.29, 1.82) is 0 Å². The molecule has 1 aromatic carbocycles. The number of aromatic nitrogens is 1. The first-order chi connectivity index (χ1) is 12.3. The fourth-order valence-electron chi connectivity index (χ4n) is 3.15. The Hall–Kier alpha value is -2.65. The molecule has 1 N–H and O–H groups in total. The van der Waals surface area contributed by atoms with E-state index < -0.39 is 38.9 Å². The molecule has 1 heterocycles. The van der Waals surface area contributed by atoms with Crippen LogP contribution in [0, 0.1) is 16.0 Å². The van der Waals surface area contributed by atoms with Gasteiger partial charge in [0.15, 0.2) is 0 Å². The summed E-state index contributed by atoms with van der Waals surface area (Å²) in [5.74, 6) is 0.370. The van der Waals surface area contributed by atoms with Gasteiger partial charge in [-0.1, -0.05) is 19.3 Å². The summed E-state index contributed by atoms with van der Waals surface area (Å²) in [6.07, 6.45) is 0.580. The Kier molecular flexibility index (Phi) is 4.84. The van der Waals surface area contributed by atoms with Crippen LogP contribution in [0.1, 0.15) is 37.7 Å². The van der Waals surface area contributed by atoms with Crippen molar-refractivity contribution in [3.63, 3.8) is 0 Å². The Morgan fingerprint density at radius 2 is 1.96 bits per heavy atom. The maximum absolute atomic E-state index is 12.9. The van der Waals surface area contributed by atoms with Crippen LogP contribution in [-0.4, -0.2) is 16.5 Å². The number of anilines is 1. The zero-order valence-corrected chi connectivity index (χ0v) is 13.6. The van der Waals surface area contributed by atoms with Crippen LogP contribution < -0.4 is 10.9 Å². The monoisotopic (exact) mass is 371 g/mol. The highest BCUT2D eigenvalue weighted by molar-refractivity contribution is 5.86. The van der Waals surface area contributed by atoms with Crippen LogP contribution in [0.4, 0.5) is 24.9 Å². The fraction of sp³-hybridized carbons (Fsp3) is 0.500. The normalized spacial score (nSPS) is 16.0. The van der Waals surface area contributed by atoms with E-state index >= 15 is 0 Å². The summed E-state index contributed by atoms with van der Waals surface area (Å²) in [6.45, 7) is 0.482. The van der Waals surface area contributed by atoms with E-state index in [2.05, 4.69) is 10.3 Å². The minimum Gasteiger partial charge on any atom is -0.418 e. The second kappa shape index (κ2) is 6.93. The fourth-order valence-corrected chi connectivity index (χ4v) is 3.15. The van der Waals surface area contributed by atoms with Crippen LogP contribution in [0.2, 0.25) is 0 Å². The van der Waals surface area contributed by atoms with Crippen molar-refractivity contribution in [3.05, 3.63) is 38.2 Å². The lowest BCUT2D eigenvalue weighted by Crippen LogP contribution is -2.19. The molecule has 1 saturated carbocycles. The molecule has 1 aliphatic carbocycles. The summed E-state index contributed by atoms with van der Waals surface area (Å²) in [7, 11) is 0. The van der Waals surface area contributed by atoms with Crippen LogP contribution in [0.25, 0.3) is 11.0 Å². The van der Waals surface area contributed by atoms with Gasteiger partial charge < -0.3 is 9.73 Å². The molecule has 0 unspecified atom stereocenters. The molecule has 0 radical (unpaired) electrons. The Morgan fingerprint density at radius 1 is 1.27 bits per heavy atom.